The largest absolute Gasteiger partial charge is 0.461 e. The molecule has 0 amide bonds. The van der Waals surface area contributed by atoms with E-state index >= 15 is 0 Å². The van der Waals surface area contributed by atoms with Crippen LogP contribution in [0.2, 0.25) is 0 Å². The zero-order valence-electron chi connectivity index (χ0n) is 17.6. The number of aryl methyl sites for hydroxylation is 1. The maximum Gasteiger partial charge on any atom is 0.321 e. The van der Waals surface area contributed by atoms with Gasteiger partial charge in [0.2, 0.25) is 0 Å². The molecule has 4 rings (SSSR count). The molecule has 3 heterocycles. The van der Waals surface area contributed by atoms with E-state index in [0.717, 1.165) is 22.9 Å². The second kappa shape index (κ2) is 8.07. The average molecular weight is 439 g/mol. The number of nitrogens with zero attached hydrogens (tertiary/aromatic N) is 3. The SMILES string of the molecule is Cc1ccc(C(C)(C)C)c(OC(=O)CSc2nc(-c3ccco3)nc3cc(=O)[nH]n23)c1. The molecule has 8 nitrogen and oxygen atoms in total. The quantitative estimate of drug-likeness (QED) is 0.286. The Labute approximate surface area is 182 Å². The molecule has 31 heavy (non-hydrogen) atoms. The van der Waals surface area contributed by atoms with Gasteiger partial charge in [-0.1, -0.05) is 44.7 Å². The lowest BCUT2D eigenvalue weighted by atomic mass is 9.86. The predicted octanol–water partition coefficient (Wildman–Crippen LogP) is 3.98. The van der Waals surface area contributed by atoms with Crippen molar-refractivity contribution in [1.29, 1.82) is 0 Å². The number of esters is 1. The van der Waals surface area contributed by atoms with Gasteiger partial charge in [0.1, 0.15) is 5.75 Å². The van der Waals surface area contributed by atoms with Crippen LogP contribution in [0.3, 0.4) is 0 Å². The highest BCUT2D eigenvalue weighted by atomic mass is 32.2. The lowest BCUT2D eigenvalue weighted by Gasteiger charge is -2.22. The zero-order chi connectivity index (χ0) is 22.2. The molecule has 0 saturated carbocycles. The minimum atomic E-state index is -0.415. The second-order valence-electron chi connectivity index (χ2n) is 8.13. The number of aromatic nitrogens is 4. The lowest BCUT2D eigenvalue weighted by Crippen LogP contribution is -2.18. The van der Waals surface area contributed by atoms with Crippen molar-refractivity contribution in [3.05, 3.63) is 64.1 Å². The number of fused-ring (bicyclic) bond motifs is 1. The van der Waals surface area contributed by atoms with Crippen LogP contribution in [-0.2, 0) is 10.2 Å². The van der Waals surface area contributed by atoms with Gasteiger partial charge in [-0.05, 0) is 36.1 Å². The smallest absolute Gasteiger partial charge is 0.321 e. The monoisotopic (exact) mass is 438 g/mol. The van der Waals surface area contributed by atoms with E-state index in [0.29, 0.717) is 28.1 Å². The van der Waals surface area contributed by atoms with Gasteiger partial charge in [0.25, 0.3) is 5.56 Å². The fraction of sp³-hybridized carbons (Fsp3) is 0.273. The molecule has 160 valence electrons. The maximum absolute atomic E-state index is 12.6. The molecule has 9 heteroatoms. The van der Waals surface area contributed by atoms with Gasteiger partial charge in [-0.25, -0.2) is 9.50 Å². The van der Waals surface area contributed by atoms with Crippen molar-refractivity contribution in [3.63, 3.8) is 0 Å². The molecular weight excluding hydrogens is 416 g/mol. The Kier molecular flexibility index (Phi) is 5.45. The standard InChI is InChI=1S/C22H22N4O4S/c1-13-7-8-14(22(2,3)4)16(10-13)30-19(28)12-31-21-24-20(15-6-5-9-29-15)23-17-11-18(27)25-26(17)21/h5-11H,12H2,1-4H3,(H,25,27). The number of thioether (sulfide) groups is 1. The fourth-order valence-electron chi connectivity index (χ4n) is 3.11. The van der Waals surface area contributed by atoms with E-state index in [1.165, 1.54) is 16.8 Å². The summed E-state index contributed by atoms with van der Waals surface area (Å²) in [5.41, 5.74) is 1.86. The third kappa shape index (κ3) is 4.56. The number of aromatic amines is 1. The van der Waals surface area contributed by atoms with E-state index < -0.39 is 5.97 Å². The van der Waals surface area contributed by atoms with E-state index in [4.69, 9.17) is 9.15 Å². The Morgan fingerprint density at radius 3 is 2.74 bits per heavy atom. The second-order valence-corrected chi connectivity index (χ2v) is 9.08. The minimum Gasteiger partial charge on any atom is -0.461 e. The van der Waals surface area contributed by atoms with Crippen molar-refractivity contribution in [1.82, 2.24) is 19.6 Å². The summed E-state index contributed by atoms with van der Waals surface area (Å²) in [6.07, 6.45) is 1.52. The number of nitrogens with one attached hydrogen (secondary N) is 1. The molecule has 0 saturated heterocycles. The van der Waals surface area contributed by atoms with Crippen LogP contribution in [-0.4, -0.2) is 31.3 Å². The Bertz CT molecular complexity index is 1300. The molecule has 0 spiro atoms. The van der Waals surface area contributed by atoms with Gasteiger partial charge in [0.15, 0.2) is 22.4 Å². The molecule has 0 fully saturated rings. The van der Waals surface area contributed by atoms with Crippen molar-refractivity contribution < 1.29 is 13.9 Å². The van der Waals surface area contributed by atoms with Crippen molar-refractivity contribution >= 4 is 23.4 Å². The number of hydrogen-bond acceptors (Lipinski definition) is 7. The van der Waals surface area contributed by atoms with Gasteiger partial charge in [-0.2, -0.15) is 4.98 Å². The molecule has 0 aliphatic heterocycles. The van der Waals surface area contributed by atoms with E-state index in [1.54, 1.807) is 12.1 Å². The summed E-state index contributed by atoms with van der Waals surface area (Å²) < 4.78 is 12.5. The van der Waals surface area contributed by atoms with Crippen LogP contribution in [0.1, 0.15) is 31.9 Å². The van der Waals surface area contributed by atoms with Crippen molar-refractivity contribution in [2.45, 2.75) is 38.3 Å². The van der Waals surface area contributed by atoms with Crippen LogP contribution < -0.4 is 10.3 Å². The first-order valence-corrected chi connectivity index (χ1v) is 10.7. The molecule has 1 aromatic carbocycles. The molecule has 0 bridgehead atoms. The predicted molar refractivity (Wildman–Crippen MR) is 118 cm³/mol. The van der Waals surface area contributed by atoms with E-state index in [9.17, 15) is 9.59 Å². The number of benzene rings is 1. The lowest BCUT2D eigenvalue weighted by molar-refractivity contribution is -0.131. The Morgan fingerprint density at radius 2 is 2.03 bits per heavy atom. The molecule has 3 aromatic heterocycles. The van der Waals surface area contributed by atoms with Crippen molar-refractivity contribution in [3.8, 4) is 17.3 Å². The summed E-state index contributed by atoms with van der Waals surface area (Å²) in [5.74, 6) is 0.934. The highest BCUT2D eigenvalue weighted by molar-refractivity contribution is 7.99. The van der Waals surface area contributed by atoms with Gasteiger partial charge in [-0.3, -0.25) is 14.7 Å². The van der Waals surface area contributed by atoms with Crippen LogP contribution in [0.5, 0.6) is 5.75 Å². The molecule has 0 radical (unpaired) electrons. The average Bonchev–Trinajstić information content (AvgIpc) is 3.33. The van der Waals surface area contributed by atoms with Crippen molar-refractivity contribution in [2.75, 3.05) is 5.75 Å². The third-order valence-electron chi connectivity index (χ3n) is 4.55. The van der Waals surface area contributed by atoms with Crippen LogP contribution in [0.4, 0.5) is 0 Å². The highest BCUT2D eigenvalue weighted by Gasteiger charge is 2.21. The van der Waals surface area contributed by atoms with Gasteiger partial charge >= 0.3 is 5.97 Å². The number of carbonyl (C=O) groups is 1. The number of rotatable bonds is 5. The summed E-state index contributed by atoms with van der Waals surface area (Å²) in [6.45, 7) is 8.16. The minimum absolute atomic E-state index is 0.00143. The van der Waals surface area contributed by atoms with E-state index in [-0.39, 0.29) is 16.7 Å². The molecule has 0 aliphatic rings. The topological polar surface area (TPSA) is 102 Å². The molecular formula is C22H22N4O4S. The van der Waals surface area contributed by atoms with E-state index in [2.05, 4.69) is 35.8 Å². The van der Waals surface area contributed by atoms with Gasteiger partial charge in [-0.15, -0.1) is 0 Å². The summed E-state index contributed by atoms with van der Waals surface area (Å²) >= 11 is 1.15. The normalized spacial score (nSPS) is 11.7. The summed E-state index contributed by atoms with van der Waals surface area (Å²) in [4.78, 5) is 33.2. The molecule has 0 aliphatic carbocycles. The number of furan rings is 1. The van der Waals surface area contributed by atoms with E-state index in [1.807, 2.05) is 25.1 Å². The Balaban J connectivity index is 1.58. The van der Waals surface area contributed by atoms with Crippen LogP contribution in [0, 0.1) is 6.92 Å². The number of carbonyl (C=O) groups excluding carboxylic acids is 1. The fourth-order valence-corrected chi connectivity index (χ4v) is 3.83. The Morgan fingerprint density at radius 1 is 1.23 bits per heavy atom. The maximum atomic E-state index is 12.6. The van der Waals surface area contributed by atoms with Crippen molar-refractivity contribution in [2.24, 2.45) is 0 Å². The molecule has 4 aromatic rings. The molecule has 0 atom stereocenters. The molecule has 0 unspecified atom stereocenters. The number of ether oxygens (including phenoxy) is 1. The van der Waals surface area contributed by atoms with Crippen LogP contribution >= 0.6 is 11.8 Å². The van der Waals surface area contributed by atoms with Gasteiger partial charge < -0.3 is 9.15 Å². The summed E-state index contributed by atoms with van der Waals surface area (Å²) in [6, 6.07) is 10.7. The zero-order valence-corrected chi connectivity index (χ0v) is 18.4. The third-order valence-corrected chi connectivity index (χ3v) is 5.47. The first-order chi connectivity index (χ1) is 14.7. The number of hydrogen-bond donors (Lipinski definition) is 1. The number of H-pyrrole nitrogens is 1. The van der Waals surface area contributed by atoms with Gasteiger partial charge in [0, 0.05) is 11.6 Å². The van der Waals surface area contributed by atoms with Crippen LogP contribution in [0.15, 0.2) is 57.0 Å². The first-order valence-electron chi connectivity index (χ1n) is 9.69. The highest BCUT2D eigenvalue weighted by Crippen LogP contribution is 2.32. The van der Waals surface area contributed by atoms with Gasteiger partial charge in [0.05, 0.1) is 12.0 Å². The Hall–Kier alpha value is -3.33. The van der Waals surface area contributed by atoms with Crippen LogP contribution in [0.25, 0.3) is 17.2 Å². The summed E-state index contributed by atoms with van der Waals surface area (Å²) in [7, 11) is 0. The molecule has 1 N–H and O–H groups in total. The first kappa shape index (κ1) is 20.9. The summed E-state index contributed by atoms with van der Waals surface area (Å²) in [5, 5.41) is 3.04.